The summed E-state index contributed by atoms with van der Waals surface area (Å²) in [7, 11) is 1.53. The highest BCUT2D eigenvalue weighted by Gasteiger charge is 2.25. The maximum absolute atomic E-state index is 13.3. The van der Waals surface area contributed by atoms with Crippen LogP contribution in [0.1, 0.15) is 23.6 Å². The lowest BCUT2D eigenvalue weighted by molar-refractivity contribution is -0.141. The van der Waals surface area contributed by atoms with E-state index in [-0.39, 0.29) is 11.7 Å². The van der Waals surface area contributed by atoms with Crippen molar-refractivity contribution in [3.05, 3.63) is 34.6 Å². The predicted octanol–water partition coefficient (Wildman–Crippen LogP) is 2.05. The summed E-state index contributed by atoms with van der Waals surface area (Å²) in [4.78, 5) is 13.8. The van der Waals surface area contributed by atoms with Crippen molar-refractivity contribution in [2.24, 2.45) is 0 Å². The minimum absolute atomic E-state index is 0.00752. The molecule has 2 rings (SSSR count). The highest BCUT2D eigenvalue weighted by atomic mass is 19.1. The van der Waals surface area contributed by atoms with E-state index >= 15 is 0 Å². The van der Waals surface area contributed by atoms with E-state index < -0.39 is 6.10 Å². The van der Waals surface area contributed by atoms with E-state index in [1.54, 1.807) is 17.9 Å². The van der Waals surface area contributed by atoms with Gasteiger partial charge in [-0.2, -0.15) is 0 Å². The van der Waals surface area contributed by atoms with Gasteiger partial charge in [0.1, 0.15) is 11.9 Å². The van der Waals surface area contributed by atoms with Crippen molar-refractivity contribution in [3.8, 4) is 0 Å². The van der Waals surface area contributed by atoms with Crippen molar-refractivity contribution in [1.29, 1.82) is 0 Å². The quantitative estimate of drug-likeness (QED) is 0.805. The number of amides is 1. The van der Waals surface area contributed by atoms with Crippen molar-refractivity contribution in [1.82, 2.24) is 4.90 Å². The molecule has 1 aromatic carbocycles. The zero-order valence-electron chi connectivity index (χ0n) is 11.0. The predicted molar refractivity (Wildman–Crippen MR) is 66.7 cm³/mol. The second-order valence-electron chi connectivity index (χ2n) is 4.75. The molecule has 98 valence electrons. The first-order chi connectivity index (χ1) is 8.52. The molecule has 1 amide bonds. The van der Waals surface area contributed by atoms with Crippen molar-refractivity contribution < 1.29 is 13.9 Å². The Morgan fingerprint density at radius 2 is 2.22 bits per heavy atom. The van der Waals surface area contributed by atoms with E-state index in [9.17, 15) is 9.18 Å². The van der Waals surface area contributed by atoms with Crippen molar-refractivity contribution in [2.75, 3.05) is 13.7 Å². The van der Waals surface area contributed by atoms with E-state index in [2.05, 4.69) is 0 Å². The van der Waals surface area contributed by atoms with E-state index in [0.717, 1.165) is 16.7 Å². The van der Waals surface area contributed by atoms with Gasteiger partial charge in [-0.15, -0.1) is 0 Å². The van der Waals surface area contributed by atoms with Crippen LogP contribution >= 0.6 is 0 Å². The molecule has 0 bridgehead atoms. The lowest BCUT2D eigenvalue weighted by atomic mass is 9.95. The number of aryl methyl sites for hydroxylation is 1. The maximum Gasteiger partial charge on any atom is 0.251 e. The normalized spacial score (nSPS) is 16.3. The van der Waals surface area contributed by atoms with Gasteiger partial charge in [-0.3, -0.25) is 4.79 Å². The van der Waals surface area contributed by atoms with Crippen molar-refractivity contribution in [3.63, 3.8) is 0 Å². The van der Waals surface area contributed by atoms with Gasteiger partial charge in [0.15, 0.2) is 0 Å². The first-order valence-corrected chi connectivity index (χ1v) is 6.12. The summed E-state index contributed by atoms with van der Waals surface area (Å²) < 4.78 is 18.3. The van der Waals surface area contributed by atoms with E-state index in [1.165, 1.54) is 13.2 Å². The van der Waals surface area contributed by atoms with E-state index in [1.807, 2.05) is 6.92 Å². The highest BCUT2D eigenvalue weighted by molar-refractivity contribution is 5.80. The first kappa shape index (κ1) is 13.0. The van der Waals surface area contributed by atoms with Gasteiger partial charge in [0.05, 0.1) is 0 Å². The lowest BCUT2D eigenvalue weighted by Gasteiger charge is -2.31. The van der Waals surface area contributed by atoms with Gasteiger partial charge in [-0.05, 0) is 49.1 Å². The molecular formula is C14H18FNO2. The maximum atomic E-state index is 13.3. The third-order valence-electron chi connectivity index (χ3n) is 3.54. The van der Waals surface area contributed by atoms with Crippen LogP contribution < -0.4 is 0 Å². The molecule has 0 fully saturated rings. The second kappa shape index (κ2) is 5.06. The zero-order valence-corrected chi connectivity index (χ0v) is 11.0. The monoisotopic (exact) mass is 251 g/mol. The lowest BCUT2D eigenvalue weighted by Crippen LogP contribution is -2.42. The summed E-state index contributed by atoms with van der Waals surface area (Å²) in [6.07, 6.45) is 0.281. The molecule has 1 aromatic rings. The fraction of sp³-hybridized carbons (Fsp3) is 0.500. The highest BCUT2D eigenvalue weighted by Crippen LogP contribution is 2.24. The summed E-state index contributed by atoms with van der Waals surface area (Å²) in [5.74, 6) is -0.205. The molecule has 0 aliphatic carbocycles. The van der Waals surface area contributed by atoms with Crippen LogP contribution in [-0.2, 0) is 22.5 Å². The van der Waals surface area contributed by atoms with Crippen molar-refractivity contribution >= 4 is 5.91 Å². The Kier molecular flexibility index (Phi) is 3.66. The number of carbonyl (C=O) groups is 1. The topological polar surface area (TPSA) is 29.5 Å². The molecule has 0 unspecified atom stereocenters. The van der Waals surface area contributed by atoms with Gasteiger partial charge < -0.3 is 9.64 Å². The van der Waals surface area contributed by atoms with Gasteiger partial charge in [0.2, 0.25) is 0 Å². The van der Waals surface area contributed by atoms with Crippen LogP contribution in [0.3, 0.4) is 0 Å². The summed E-state index contributed by atoms with van der Waals surface area (Å²) >= 11 is 0. The number of hydrogen-bond donors (Lipinski definition) is 0. The molecule has 0 saturated heterocycles. The Morgan fingerprint density at radius 3 is 2.89 bits per heavy atom. The molecule has 18 heavy (non-hydrogen) atoms. The minimum Gasteiger partial charge on any atom is -0.372 e. The fourth-order valence-corrected chi connectivity index (χ4v) is 2.36. The number of methoxy groups -OCH3 is 1. The summed E-state index contributed by atoms with van der Waals surface area (Å²) in [6, 6.07) is 3.09. The molecule has 1 atom stereocenters. The molecule has 0 spiro atoms. The Bertz CT molecular complexity index is 473. The number of fused-ring (bicyclic) bond motifs is 1. The molecule has 0 N–H and O–H groups in total. The number of hydrogen-bond acceptors (Lipinski definition) is 2. The average molecular weight is 251 g/mol. The minimum atomic E-state index is -0.424. The molecule has 1 aliphatic rings. The molecule has 4 heteroatoms. The summed E-state index contributed by atoms with van der Waals surface area (Å²) in [5.41, 5.74) is 2.99. The van der Waals surface area contributed by atoms with Crippen LogP contribution in [0, 0.1) is 12.7 Å². The van der Waals surface area contributed by atoms with Crippen LogP contribution in [0.5, 0.6) is 0 Å². The SMILES string of the molecule is CO[C@H](C)C(=O)N1CCc2cc(F)cc(C)c2C1. The van der Waals surface area contributed by atoms with Gasteiger partial charge in [0, 0.05) is 20.2 Å². The Morgan fingerprint density at radius 1 is 1.50 bits per heavy atom. The average Bonchev–Trinajstić information content (AvgIpc) is 2.36. The summed E-state index contributed by atoms with van der Waals surface area (Å²) in [6.45, 7) is 4.81. The Balaban J connectivity index is 2.22. The van der Waals surface area contributed by atoms with Crippen LogP contribution in [0.2, 0.25) is 0 Å². The number of carbonyl (C=O) groups excluding carboxylic acids is 1. The van der Waals surface area contributed by atoms with E-state index in [4.69, 9.17) is 4.74 Å². The van der Waals surface area contributed by atoms with Gasteiger partial charge in [0.25, 0.3) is 5.91 Å². The third kappa shape index (κ3) is 2.38. The first-order valence-electron chi connectivity index (χ1n) is 6.12. The Labute approximate surface area is 107 Å². The van der Waals surface area contributed by atoms with Crippen LogP contribution in [0.4, 0.5) is 4.39 Å². The third-order valence-corrected chi connectivity index (χ3v) is 3.54. The number of rotatable bonds is 2. The van der Waals surface area contributed by atoms with E-state index in [0.29, 0.717) is 19.5 Å². The molecule has 1 heterocycles. The van der Waals surface area contributed by atoms with Crippen LogP contribution in [0.15, 0.2) is 12.1 Å². The number of benzene rings is 1. The molecule has 0 radical (unpaired) electrons. The molecule has 0 saturated carbocycles. The molecule has 0 aromatic heterocycles. The zero-order chi connectivity index (χ0) is 13.3. The standard InChI is InChI=1S/C14H18FNO2/c1-9-6-12(15)7-11-4-5-16(8-13(9)11)14(17)10(2)18-3/h6-7,10H,4-5,8H2,1-3H3/t10-/m1/s1. The largest absolute Gasteiger partial charge is 0.372 e. The molecule has 3 nitrogen and oxygen atoms in total. The summed E-state index contributed by atoms with van der Waals surface area (Å²) in [5, 5.41) is 0. The molecule has 1 aliphatic heterocycles. The molecular weight excluding hydrogens is 233 g/mol. The fourth-order valence-electron chi connectivity index (χ4n) is 2.36. The second-order valence-corrected chi connectivity index (χ2v) is 4.75. The van der Waals surface area contributed by atoms with Crippen molar-refractivity contribution in [2.45, 2.75) is 32.9 Å². The number of halogens is 1. The van der Waals surface area contributed by atoms with Crippen LogP contribution in [-0.4, -0.2) is 30.6 Å². The smallest absolute Gasteiger partial charge is 0.251 e. The van der Waals surface area contributed by atoms with Gasteiger partial charge >= 0.3 is 0 Å². The number of ether oxygens (including phenoxy) is 1. The Hall–Kier alpha value is -1.42. The van der Waals surface area contributed by atoms with Gasteiger partial charge in [-0.1, -0.05) is 0 Å². The van der Waals surface area contributed by atoms with Crippen LogP contribution in [0.25, 0.3) is 0 Å². The number of nitrogens with zero attached hydrogens (tertiary/aromatic N) is 1. The van der Waals surface area contributed by atoms with Gasteiger partial charge in [-0.25, -0.2) is 4.39 Å².